The molecule has 0 saturated carbocycles. The Bertz CT molecular complexity index is 891. The average molecular weight is 356 g/mol. The molecule has 3 nitrogen and oxygen atoms in total. The van der Waals surface area contributed by atoms with Crippen molar-refractivity contribution in [3.63, 3.8) is 0 Å². The third-order valence-corrected chi connectivity index (χ3v) is 4.98. The van der Waals surface area contributed by atoms with Crippen LogP contribution < -0.4 is 4.90 Å². The van der Waals surface area contributed by atoms with E-state index in [0.29, 0.717) is 11.6 Å². The lowest BCUT2D eigenvalue weighted by Gasteiger charge is -2.36. The number of benzene rings is 2. The Morgan fingerprint density at radius 1 is 1.00 bits per heavy atom. The number of hydrogen-bond donors (Lipinski definition) is 0. The maximum Gasteiger partial charge on any atom is 0.127 e. The fourth-order valence-electron chi connectivity index (χ4n) is 3.40. The highest BCUT2D eigenvalue weighted by Crippen LogP contribution is 2.28. The van der Waals surface area contributed by atoms with Gasteiger partial charge in [0, 0.05) is 60.6 Å². The van der Waals surface area contributed by atoms with Gasteiger partial charge in [0.2, 0.25) is 0 Å². The molecule has 0 bridgehead atoms. The van der Waals surface area contributed by atoms with Crippen molar-refractivity contribution in [2.45, 2.75) is 6.54 Å². The molecule has 3 aromatic rings. The summed E-state index contributed by atoms with van der Waals surface area (Å²) in [6, 6.07) is 14.9. The van der Waals surface area contributed by atoms with Crippen LogP contribution in [0.3, 0.4) is 0 Å². The first-order chi connectivity index (χ1) is 12.2. The van der Waals surface area contributed by atoms with Crippen LogP contribution in [0.2, 0.25) is 5.02 Å². The molecule has 2 aromatic carbocycles. The largest absolute Gasteiger partial charge is 0.368 e. The van der Waals surface area contributed by atoms with Crippen LogP contribution in [0.4, 0.5) is 10.1 Å². The molecule has 0 amide bonds. The SMILES string of the molecule is Fc1ccccc1CN1CCN(c2ccnc3cc(Cl)ccc23)CC1. The zero-order valence-corrected chi connectivity index (χ0v) is 14.6. The second-order valence-electron chi connectivity index (χ2n) is 6.35. The van der Waals surface area contributed by atoms with Crippen LogP contribution >= 0.6 is 11.6 Å². The topological polar surface area (TPSA) is 19.4 Å². The fraction of sp³-hybridized carbons (Fsp3) is 0.250. The first kappa shape index (κ1) is 16.3. The van der Waals surface area contributed by atoms with Crippen molar-refractivity contribution >= 4 is 28.2 Å². The van der Waals surface area contributed by atoms with Gasteiger partial charge in [0.1, 0.15) is 5.82 Å². The lowest BCUT2D eigenvalue weighted by atomic mass is 10.1. The van der Waals surface area contributed by atoms with E-state index in [4.69, 9.17) is 11.6 Å². The molecule has 1 aliphatic rings. The normalized spacial score (nSPS) is 15.7. The van der Waals surface area contributed by atoms with Gasteiger partial charge in [-0.3, -0.25) is 9.88 Å². The summed E-state index contributed by atoms with van der Waals surface area (Å²) < 4.78 is 13.8. The van der Waals surface area contributed by atoms with Gasteiger partial charge < -0.3 is 4.90 Å². The van der Waals surface area contributed by atoms with Crippen LogP contribution in [0, 0.1) is 5.82 Å². The van der Waals surface area contributed by atoms with Crippen LogP contribution in [0.25, 0.3) is 10.9 Å². The molecular weight excluding hydrogens is 337 g/mol. The van der Waals surface area contributed by atoms with Crippen molar-refractivity contribution in [2.75, 3.05) is 31.1 Å². The van der Waals surface area contributed by atoms with E-state index < -0.39 is 0 Å². The Kier molecular flexibility index (Phi) is 4.55. The minimum absolute atomic E-state index is 0.123. The van der Waals surface area contributed by atoms with Gasteiger partial charge in [-0.15, -0.1) is 0 Å². The first-order valence-corrected chi connectivity index (χ1v) is 8.83. The highest BCUT2D eigenvalue weighted by molar-refractivity contribution is 6.31. The number of aromatic nitrogens is 1. The molecule has 0 atom stereocenters. The molecule has 1 aliphatic heterocycles. The lowest BCUT2D eigenvalue weighted by molar-refractivity contribution is 0.247. The van der Waals surface area contributed by atoms with Gasteiger partial charge in [-0.25, -0.2) is 4.39 Å². The predicted octanol–water partition coefficient (Wildman–Crippen LogP) is 4.35. The molecule has 25 heavy (non-hydrogen) atoms. The summed E-state index contributed by atoms with van der Waals surface area (Å²) in [5, 5.41) is 1.82. The second-order valence-corrected chi connectivity index (χ2v) is 6.78. The zero-order chi connectivity index (χ0) is 17.2. The third kappa shape index (κ3) is 3.46. The van der Waals surface area contributed by atoms with Crippen LogP contribution in [0.15, 0.2) is 54.7 Å². The highest BCUT2D eigenvalue weighted by atomic mass is 35.5. The van der Waals surface area contributed by atoms with E-state index in [0.717, 1.165) is 42.6 Å². The summed E-state index contributed by atoms with van der Waals surface area (Å²) in [7, 11) is 0. The molecule has 1 saturated heterocycles. The Hall–Kier alpha value is -2.17. The van der Waals surface area contributed by atoms with Crippen LogP contribution in [0.5, 0.6) is 0 Å². The molecule has 5 heteroatoms. The van der Waals surface area contributed by atoms with Crippen LogP contribution in [-0.4, -0.2) is 36.1 Å². The molecule has 0 aliphatic carbocycles. The number of rotatable bonds is 3. The summed E-state index contributed by atoms with van der Waals surface area (Å²) in [6.45, 7) is 4.30. The predicted molar refractivity (Wildman–Crippen MR) is 101 cm³/mol. The quantitative estimate of drug-likeness (QED) is 0.696. The second kappa shape index (κ2) is 6.98. The van der Waals surface area contributed by atoms with E-state index in [2.05, 4.69) is 20.9 Å². The van der Waals surface area contributed by atoms with Gasteiger partial charge in [-0.1, -0.05) is 29.8 Å². The van der Waals surface area contributed by atoms with E-state index in [-0.39, 0.29) is 5.82 Å². The number of piperazine rings is 1. The third-order valence-electron chi connectivity index (χ3n) is 4.75. The van der Waals surface area contributed by atoms with Crippen molar-refractivity contribution in [1.82, 2.24) is 9.88 Å². The number of fused-ring (bicyclic) bond motifs is 1. The molecule has 4 rings (SSSR count). The molecule has 0 radical (unpaired) electrons. The Labute approximate surface area is 151 Å². The van der Waals surface area contributed by atoms with Gasteiger partial charge in [-0.05, 0) is 30.3 Å². The summed E-state index contributed by atoms with van der Waals surface area (Å²) in [4.78, 5) is 9.09. The van der Waals surface area contributed by atoms with Gasteiger partial charge in [0.25, 0.3) is 0 Å². The first-order valence-electron chi connectivity index (χ1n) is 8.46. The molecule has 1 aromatic heterocycles. The van der Waals surface area contributed by atoms with Crippen LogP contribution in [-0.2, 0) is 6.54 Å². The number of pyridine rings is 1. The Morgan fingerprint density at radius 3 is 2.60 bits per heavy atom. The number of nitrogens with zero attached hydrogens (tertiary/aromatic N) is 3. The number of hydrogen-bond acceptors (Lipinski definition) is 3. The van der Waals surface area contributed by atoms with Crippen LogP contribution in [0.1, 0.15) is 5.56 Å². The molecule has 128 valence electrons. The lowest BCUT2D eigenvalue weighted by Crippen LogP contribution is -2.46. The zero-order valence-electron chi connectivity index (χ0n) is 13.8. The van der Waals surface area contributed by atoms with Crippen molar-refractivity contribution < 1.29 is 4.39 Å². The Balaban J connectivity index is 1.48. The van der Waals surface area contributed by atoms with Crippen molar-refractivity contribution in [3.05, 3.63) is 71.1 Å². The van der Waals surface area contributed by atoms with E-state index in [9.17, 15) is 4.39 Å². The number of halogens is 2. The highest BCUT2D eigenvalue weighted by Gasteiger charge is 2.19. The molecule has 0 spiro atoms. The maximum atomic E-state index is 13.8. The molecule has 0 N–H and O–H groups in total. The number of anilines is 1. The van der Waals surface area contributed by atoms with Gasteiger partial charge in [-0.2, -0.15) is 0 Å². The minimum atomic E-state index is -0.123. The van der Waals surface area contributed by atoms with Crippen molar-refractivity contribution in [2.24, 2.45) is 0 Å². The van der Waals surface area contributed by atoms with E-state index in [1.807, 2.05) is 36.5 Å². The average Bonchev–Trinajstić information content (AvgIpc) is 2.63. The van der Waals surface area contributed by atoms with Gasteiger partial charge >= 0.3 is 0 Å². The van der Waals surface area contributed by atoms with Crippen molar-refractivity contribution in [3.8, 4) is 0 Å². The maximum absolute atomic E-state index is 13.8. The summed E-state index contributed by atoms with van der Waals surface area (Å²) >= 11 is 6.07. The van der Waals surface area contributed by atoms with Gasteiger partial charge in [0.15, 0.2) is 0 Å². The molecule has 1 fully saturated rings. The molecule has 2 heterocycles. The van der Waals surface area contributed by atoms with E-state index in [1.54, 1.807) is 6.07 Å². The van der Waals surface area contributed by atoms with E-state index in [1.165, 1.54) is 11.8 Å². The monoisotopic (exact) mass is 355 g/mol. The summed E-state index contributed by atoms with van der Waals surface area (Å²) in [5.74, 6) is -0.123. The van der Waals surface area contributed by atoms with Crippen molar-refractivity contribution in [1.29, 1.82) is 0 Å². The minimum Gasteiger partial charge on any atom is -0.368 e. The van der Waals surface area contributed by atoms with E-state index >= 15 is 0 Å². The fourth-order valence-corrected chi connectivity index (χ4v) is 3.56. The Morgan fingerprint density at radius 2 is 1.80 bits per heavy atom. The molecule has 0 unspecified atom stereocenters. The van der Waals surface area contributed by atoms with Gasteiger partial charge in [0.05, 0.1) is 5.52 Å². The summed E-state index contributed by atoms with van der Waals surface area (Å²) in [6.07, 6.45) is 1.83. The smallest absolute Gasteiger partial charge is 0.127 e. The standard InChI is InChI=1S/C20H19ClFN3/c21-16-5-6-17-19(13-16)23-8-7-20(17)25-11-9-24(10-12-25)14-15-3-1-2-4-18(15)22/h1-8,13H,9-12,14H2. The summed E-state index contributed by atoms with van der Waals surface area (Å²) in [5.41, 5.74) is 2.87. The molecular formula is C20H19ClFN3.